The Bertz CT molecular complexity index is 95.6. The second kappa shape index (κ2) is 5.74. The minimum absolute atomic E-state index is 0.423. The van der Waals surface area contributed by atoms with Gasteiger partial charge in [-0.05, 0) is 12.3 Å². The average molecular weight is 160 g/mol. The molecule has 1 radical (unpaired) electrons. The van der Waals surface area contributed by atoms with E-state index in [2.05, 4.69) is 25.5 Å². The Morgan fingerprint density at radius 2 is 2.20 bits per heavy atom. The van der Waals surface area contributed by atoms with E-state index in [0.29, 0.717) is 12.0 Å². The van der Waals surface area contributed by atoms with Crippen LogP contribution in [0.25, 0.3) is 0 Å². The summed E-state index contributed by atoms with van der Waals surface area (Å²) in [6.07, 6.45) is 1.05. The zero-order chi connectivity index (χ0) is 7.98. The van der Waals surface area contributed by atoms with Crippen LogP contribution in [0.2, 0.25) is 0 Å². The van der Waals surface area contributed by atoms with E-state index in [4.69, 9.17) is 0 Å². The van der Waals surface area contributed by atoms with Crippen molar-refractivity contribution in [2.45, 2.75) is 33.2 Å². The van der Waals surface area contributed by atoms with E-state index in [1.54, 1.807) is 5.62 Å². The van der Waals surface area contributed by atoms with E-state index in [-0.39, 0.29) is 0 Å². The fourth-order valence-corrected chi connectivity index (χ4v) is 1.43. The van der Waals surface area contributed by atoms with Crippen LogP contribution < -0.4 is 4.72 Å². The van der Waals surface area contributed by atoms with Crippen LogP contribution in [0.5, 0.6) is 0 Å². The number of nitrogens with one attached hydrogen (secondary N) is 1. The molecule has 0 aliphatic rings. The molecule has 0 rings (SSSR count). The maximum Gasteiger partial charge on any atom is 0.282 e. The van der Waals surface area contributed by atoms with Crippen molar-refractivity contribution >= 4 is 17.6 Å². The molecule has 2 nitrogen and oxygen atoms in total. The fourth-order valence-electron chi connectivity index (χ4n) is 0.791. The van der Waals surface area contributed by atoms with E-state index in [1.165, 1.54) is 0 Å². The Morgan fingerprint density at radius 1 is 1.60 bits per heavy atom. The van der Waals surface area contributed by atoms with Crippen molar-refractivity contribution in [1.29, 1.82) is 0 Å². The predicted octanol–water partition coefficient (Wildman–Crippen LogP) is 1.73. The van der Waals surface area contributed by atoms with Crippen molar-refractivity contribution in [3.05, 3.63) is 0 Å². The Balaban J connectivity index is 3.49. The molecular formula is C7H14NOS. The third-order valence-corrected chi connectivity index (χ3v) is 2.00. The first-order valence-corrected chi connectivity index (χ1v) is 4.32. The summed E-state index contributed by atoms with van der Waals surface area (Å²) in [5.41, 5.74) is 1.74. The monoisotopic (exact) mass is 160 g/mol. The van der Waals surface area contributed by atoms with Crippen LogP contribution in [-0.4, -0.2) is 11.7 Å². The molecule has 3 heteroatoms. The Kier molecular flexibility index (Phi) is 5.73. The average Bonchev–Trinajstić information content (AvgIpc) is 1.89. The zero-order valence-corrected chi connectivity index (χ0v) is 7.49. The van der Waals surface area contributed by atoms with Gasteiger partial charge in [-0.1, -0.05) is 20.8 Å². The normalized spacial score (nSPS) is 13.6. The molecule has 1 N–H and O–H groups in total. The molecule has 0 aromatic carbocycles. The maximum atomic E-state index is 9.82. The SMILES string of the molecule is CCC(NS[C]=O)C(C)C. The molecule has 10 heavy (non-hydrogen) atoms. The lowest BCUT2D eigenvalue weighted by molar-refractivity contribution is 0.456. The standard InChI is InChI=1S/C7H14NOS/c1-4-7(6(2)3)8-10-5-9/h6-8H,4H2,1-3H3. The van der Waals surface area contributed by atoms with E-state index < -0.39 is 0 Å². The van der Waals surface area contributed by atoms with Gasteiger partial charge < -0.3 is 0 Å². The molecule has 1 unspecified atom stereocenters. The third kappa shape index (κ3) is 3.90. The highest BCUT2D eigenvalue weighted by Gasteiger charge is 2.09. The first-order chi connectivity index (χ1) is 4.72. The van der Waals surface area contributed by atoms with Gasteiger partial charge in [-0.15, -0.1) is 0 Å². The highest BCUT2D eigenvalue weighted by molar-refractivity contribution is 8.10. The lowest BCUT2D eigenvalue weighted by atomic mass is 10.0. The van der Waals surface area contributed by atoms with Gasteiger partial charge in [0, 0.05) is 18.0 Å². The second-order valence-electron chi connectivity index (χ2n) is 2.56. The van der Waals surface area contributed by atoms with Gasteiger partial charge in [0.25, 0.3) is 5.62 Å². The number of rotatable bonds is 5. The van der Waals surface area contributed by atoms with Crippen LogP contribution in [0.3, 0.4) is 0 Å². The third-order valence-electron chi connectivity index (χ3n) is 1.50. The number of hydrogen-bond acceptors (Lipinski definition) is 3. The first kappa shape index (κ1) is 9.98. The number of carbonyl (C=O) groups excluding carboxylic acids is 1. The largest absolute Gasteiger partial charge is 0.282 e. The first-order valence-electron chi connectivity index (χ1n) is 3.50. The minimum Gasteiger partial charge on any atom is -0.276 e. The molecule has 0 bridgehead atoms. The Labute approximate surface area is 66.9 Å². The highest BCUT2D eigenvalue weighted by atomic mass is 32.2. The van der Waals surface area contributed by atoms with Gasteiger partial charge in [-0.25, -0.2) is 0 Å². The summed E-state index contributed by atoms with van der Waals surface area (Å²) >= 11 is 1.01. The molecule has 0 saturated carbocycles. The molecule has 0 aromatic rings. The maximum absolute atomic E-state index is 9.82. The van der Waals surface area contributed by atoms with Gasteiger partial charge >= 0.3 is 0 Å². The summed E-state index contributed by atoms with van der Waals surface area (Å²) in [4.78, 5) is 9.82. The van der Waals surface area contributed by atoms with E-state index in [9.17, 15) is 4.79 Å². The van der Waals surface area contributed by atoms with Crippen molar-refractivity contribution < 1.29 is 4.79 Å². The molecule has 0 heterocycles. The van der Waals surface area contributed by atoms with Crippen molar-refractivity contribution in [2.24, 2.45) is 5.92 Å². The van der Waals surface area contributed by atoms with Gasteiger partial charge in [-0.2, -0.15) is 0 Å². The lowest BCUT2D eigenvalue weighted by Crippen LogP contribution is -2.27. The van der Waals surface area contributed by atoms with Gasteiger partial charge in [0.2, 0.25) is 0 Å². The van der Waals surface area contributed by atoms with Crippen molar-refractivity contribution in [1.82, 2.24) is 4.72 Å². The van der Waals surface area contributed by atoms with E-state index >= 15 is 0 Å². The molecule has 0 spiro atoms. The zero-order valence-electron chi connectivity index (χ0n) is 6.68. The van der Waals surface area contributed by atoms with Gasteiger partial charge in [-0.3, -0.25) is 9.52 Å². The summed E-state index contributed by atoms with van der Waals surface area (Å²) in [6, 6.07) is 0.423. The van der Waals surface area contributed by atoms with Gasteiger partial charge in [0.15, 0.2) is 0 Å². The lowest BCUT2D eigenvalue weighted by Gasteiger charge is -2.17. The van der Waals surface area contributed by atoms with Crippen LogP contribution in [0, 0.1) is 5.92 Å². The molecular weight excluding hydrogens is 146 g/mol. The Morgan fingerprint density at radius 3 is 2.50 bits per heavy atom. The van der Waals surface area contributed by atoms with E-state index in [1.807, 2.05) is 0 Å². The molecule has 0 aromatic heterocycles. The summed E-state index contributed by atoms with van der Waals surface area (Å²) in [7, 11) is 0. The topological polar surface area (TPSA) is 29.1 Å². The molecule has 1 atom stereocenters. The van der Waals surface area contributed by atoms with E-state index in [0.717, 1.165) is 18.4 Å². The summed E-state index contributed by atoms with van der Waals surface area (Å²) in [5.74, 6) is 0.575. The van der Waals surface area contributed by atoms with Gasteiger partial charge in [0.1, 0.15) is 0 Å². The summed E-state index contributed by atoms with van der Waals surface area (Å²) in [5, 5.41) is 0. The summed E-state index contributed by atoms with van der Waals surface area (Å²) < 4.78 is 3.01. The molecule has 0 fully saturated rings. The molecule has 0 amide bonds. The summed E-state index contributed by atoms with van der Waals surface area (Å²) in [6.45, 7) is 6.36. The number of hydrogen-bond donors (Lipinski definition) is 1. The van der Waals surface area contributed by atoms with Crippen LogP contribution in [0.15, 0.2) is 0 Å². The van der Waals surface area contributed by atoms with Crippen LogP contribution in [0.4, 0.5) is 0 Å². The fraction of sp³-hybridized carbons (Fsp3) is 0.857. The van der Waals surface area contributed by atoms with Gasteiger partial charge in [0.05, 0.1) is 0 Å². The second-order valence-corrected chi connectivity index (χ2v) is 3.17. The van der Waals surface area contributed by atoms with Crippen molar-refractivity contribution in [3.63, 3.8) is 0 Å². The van der Waals surface area contributed by atoms with Crippen molar-refractivity contribution in [2.75, 3.05) is 0 Å². The predicted molar refractivity (Wildman–Crippen MR) is 45.3 cm³/mol. The molecule has 0 aliphatic heterocycles. The molecule has 0 saturated heterocycles. The minimum atomic E-state index is 0.423. The smallest absolute Gasteiger partial charge is 0.276 e. The van der Waals surface area contributed by atoms with Crippen LogP contribution in [0.1, 0.15) is 27.2 Å². The van der Waals surface area contributed by atoms with Crippen LogP contribution >= 0.6 is 11.9 Å². The quantitative estimate of drug-likeness (QED) is 0.621. The Hall–Kier alpha value is -0.0200. The molecule has 59 valence electrons. The highest BCUT2D eigenvalue weighted by Crippen LogP contribution is 2.07. The van der Waals surface area contributed by atoms with Crippen molar-refractivity contribution in [3.8, 4) is 0 Å². The van der Waals surface area contributed by atoms with Crippen LogP contribution in [-0.2, 0) is 4.79 Å². The molecule has 0 aliphatic carbocycles.